The van der Waals surface area contributed by atoms with E-state index in [1.807, 2.05) is 16.8 Å². The largest absolute Gasteiger partial charge is 0.419 e. The molecule has 0 N–H and O–H groups in total. The van der Waals surface area contributed by atoms with Crippen molar-refractivity contribution in [2.24, 2.45) is 0 Å². The number of carbonyl (C=O) groups excluding carboxylic acids is 1. The highest BCUT2D eigenvalue weighted by Gasteiger charge is 2.35. The van der Waals surface area contributed by atoms with Gasteiger partial charge in [-0.1, -0.05) is 6.07 Å². The van der Waals surface area contributed by atoms with E-state index >= 15 is 0 Å². The number of Topliss-reactive ketones (excluding diaryl/α,β-unsaturated/α-hetero) is 1. The molecule has 0 fully saturated rings. The Morgan fingerprint density at radius 1 is 1.20 bits per heavy atom. The molecule has 0 aliphatic carbocycles. The molecule has 0 saturated carbocycles. The van der Waals surface area contributed by atoms with Crippen molar-refractivity contribution in [3.8, 4) is 0 Å². The molecule has 0 spiro atoms. The van der Waals surface area contributed by atoms with Gasteiger partial charge >= 0.3 is 6.18 Å². The molecule has 1 nitrogen and oxygen atoms in total. The molecule has 0 bridgehead atoms. The molecule has 6 heteroatoms. The first-order valence-electron chi connectivity index (χ1n) is 5.79. The molecular weight excluding hydrogens is 292 g/mol. The smallest absolute Gasteiger partial charge is 0.294 e. The average Bonchev–Trinajstić information content (AvgIpc) is 2.88. The molecule has 106 valence electrons. The van der Waals surface area contributed by atoms with Crippen molar-refractivity contribution in [3.63, 3.8) is 0 Å². The normalized spacial score (nSPS) is 11.6. The summed E-state index contributed by atoms with van der Waals surface area (Å²) in [5.74, 6) is -2.12. The molecule has 0 saturated heterocycles. The van der Waals surface area contributed by atoms with Crippen LogP contribution < -0.4 is 0 Å². The van der Waals surface area contributed by atoms with E-state index < -0.39 is 28.9 Å². The first kappa shape index (κ1) is 14.7. The lowest BCUT2D eigenvalue weighted by Gasteiger charge is -2.10. The number of hydrogen-bond donors (Lipinski definition) is 0. The van der Waals surface area contributed by atoms with Crippen molar-refractivity contribution in [1.82, 2.24) is 0 Å². The van der Waals surface area contributed by atoms with Gasteiger partial charge in [0.25, 0.3) is 0 Å². The third-order valence-corrected chi connectivity index (χ3v) is 3.56. The Hall–Kier alpha value is -1.69. The van der Waals surface area contributed by atoms with Crippen molar-refractivity contribution < 1.29 is 22.4 Å². The minimum absolute atomic E-state index is 0.0189. The van der Waals surface area contributed by atoms with Gasteiger partial charge in [-0.3, -0.25) is 4.79 Å². The second-order valence-electron chi connectivity index (χ2n) is 4.22. The molecule has 0 aliphatic heterocycles. The Bertz CT molecular complexity index is 602. The molecule has 0 atom stereocenters. The molecule has 0 radical (unpaired) electrons. The van der Waals surface area contributed by atoms with Crippen LogP contribution in [0.5, 0.6) is 0 Å². The van der Waals surface area contributed by atoms with E-state index in [0.717, 1.165) is 17.7 Å². The Morgan fingerprint density at radius 2 is 1.95 bits per heavy atom. The van der Waals surface area contributed by atoms with Gasteiger partial charge in [0.15, 0.2) is 5.78 Å². The number of ketones is 1. The topological polar surface area (TPSA) is 17.1 Å². The van der Waals surface area contributed by atoms with Gasteiger partial charge in [0.2, 0.25) is 0 Å². The quantitative estimate of drug-likeness (QED) is 0.590. The van der Waals surface area contributed by atoms with Gasteiger partial charge in [0.05, 0.1) is 11.1 Å². The number of benzene rings is 1. The number of aryl methyl sites for hydroxylation is 1. The zero-order valence-electron chi connectivity index (χ0n) is 10.2. The van der Waals surface area contributed by atoms with Crippen LogP contribution in [0, 0.1) is 5.82 Å². The van der Waals surface area contributed by atoms with Crippen LogP contribution in [0.2, 0.25) is 0 Å². The highest BCUT2D eigenvalue weighted by molar-refractivity contribution is 7.07. The van der Waals surface area contributed by atoms with E-state index in [-0.39, 0.29) is 6.42 Å². The van der Waals surface area contributed by atoms with Gasteiger partial charge in [0, 0.05) is 6.42 Å². The van der Waals surface area contributed by atoms with Crippen molar-refractivity contribution in [3.05, 3.63) is 57.5 Å². The standard InChI is InChI=1S/C14H10F4OS/c15-13-10(2-1-3-11(13)14(16,17)18)12(19)5-4-9-6-7-20-8-9/h1-3,6-8H,4-5H2. The molecule has 1 heterocycles. The first-order chi connectivity index (χ1) is 9.39. The minimum atomic E-state index is -4.80. The molecule has 2 rings (SSSR count). The lowest BCUT2D eigenvalue weighted by atomic mass is 10.0. The number of carbonyl (C=O) groups is 1. The minimum Gasteiger partial charge on any atom is -0.294 e. The predicted octanol–water partition coefficient (Wildman–Crippen LogP) is 4.72. The fourth-order valence-corrected chi connectivity index (χ4v) is 2.50. The van der Waals surface area contributed by atoms with Crippen molar-refractivity contribution >= 4 is 17.1 Å². The second kappa shape index (κ2) is 5.75. The Labute approximate surface area is 116 Å². The van der Waals surface area contributed by atoms with E-state index in [1.165, 1.54) is 11.3 Å². The van der Waals surface area contributed by atoms with Crippen LogP contribution in [0.1, 0.15) is 27.9 Å². The Morgan fingerprint density at radius 3 is 2.55 bits per heavy atom. The van der Waals surface area contributed by atoms with Crippen molar-refractivity contribution in [2.75, 3.05) is 0 Å². The first-order valence-corrected chi connectivity index (χ1v) is 6.74. The summed E-state index contributed by atoms with van der Waals surface area (Å²) in [7, 11) is 0. The summed E-state index contributed by atoms with van der Waals surface area (Å²) in [6, 6.07) is 4.58. The summed E-state index contributed by atoms with van der Waals surface area (Å²) in [5.41, 5.74) is -0.996. The fourth-order valence-electron chi connectivity index (χ4n) is 1.79. The van der Waals surface area contributed by atoms with Crippen LogP contribution in [0.25, 0.3) is 0 Å². The Balaban J connectivity index is 2.18. The zero-order chi connectivity index (χ0) is 14.8. The van der Waals surface area contributed by atoms with Crippen LogP contribution in [-0.2, 0) is 12.6 Å². The average molecular weight is 302 g/mol. The van der Waals surface area contributed by atoms with Crippen molar-refractivity contribution in [1.29, 1.82) is 0 Å². The number of hydrogen-bond acceptors (Lipinski definition) is 2. The van der Waals surface area contributed by atoms with Crippen LogP contribution in [0.4, 0.5) is 17.6 Å². The monoisotopic (exact) mass is 302 g/mol. The Kier molecular flexibility index (Phi) is 4.23. The number of thiophene rings is 1. The lowest BCUT2D eigenvalue weighted by Crippen LogP contribution is -2.12. The van der Waals surface area contributed by atoms with Gasteiger partial charge in [0.1, 0.15) is 5.82 Å². The molecule has 20 heavy (non-hydrogen) atoms. The second-order valence-corrected chi connectivity index (χ2v) is 5.00. The third kappa shape index (κ3) is 3.25. The number of halogens is 4. The maximum atomic E-state index is 13.7. The van der Waals surface area contributed by atoms with Gasteiger partial charge in [-0.15, -0.1) is 0 Å². The van der Waals surface area contributed by atoms with Crippen LogP contribution in [0.15, 0.2) is 35.0 Å². The van der Waals surface area contributed by atoms with Gasteiger partial charge < -0.3 is 0 Å². The van der Waals surface area contributed by atoms with Gasteiger partial charge in [-0.2, -0.15) is 24.5 Å². The summed E-state index contributed by atoms with van der Waals surface area (Å²) in [6.07, 6.45) is -4.43. The summed E-state index contributed by atoms with van der Waals surface area (Å²) in [4.78, 5) is 11.8. The summed E-state index contributed by atoms with van der Waals surface area (Å²) in [5, 5.41) is 3.68. The predicted molar refractivity (Wildman–Crippen MR) is 68.4 cm³/mol. The molecule has 1 aromatic heterocycles. The lowest BCUT2D eigenvalue weighted by molar-refractivity contribution is -0.140. The maximum absolute atomic E-state index is 13.7. The fraction of sp³-hybridized carbons (Fsp3) is 0.214. The van der Waals surface area contributed by atoms with Crippen LogP contribution in [0.3, 0.4) is 0 Å². The summed E-state index contributed by atoms with van der Waals surface area (Å²) in [6.45, 7) is 0. The maximum Gasteiger partial charge on any atom is 0.419 e. The third-order valence-electron chi connectivity index (χ3n) is 2.83. The number of rotatable bonds is 4. The van der Waals surface area contributed by atoms with Crippen molar-refractivity contribution in [2.45, 2.75) is 19.0 Å². The molecule has 0 aliphatic rings. The highest BCUT2D eigenvalue weighted by atomic mass is 32.1. The molecule has 1 aromatic carbocycles. The van der Waals surface area contributed by atoms with E-state index in [2.05, 4.69) is 0 Å². The van der Waals surface area contributed by atoms with Crippen LogP contribution in [-0.4, -0.2) is 5.78 Å². The van der Waals surface area contributed by atoms with E-state index in [4.69, 9.17) is 0 Å². The highest BCUT2D eigenvalue weighted by Crippen LogP contribution is 2.32. The van der Waals surface area contributed by atoms with Gasteiger partial charge in [-0.05, 0) is 40.9 Å². The summed E-state index contributed by atoms with van der Waals surface area (Å²) < 4.78 is 51.4. The molecular formula is C14H10F4OS. The van der Waals surface area contributed by atoms with E-state index in [1.54, 1.807) is 0 Å². The number of alkyl halides is 3. The zero-order valence-corrected chi connectivity index (χ0v) is 11.0. The van der Waals surface area contributed by atoms with Gasteiger partial charge in [-0.25, -0.2) is 4.39 Å². The summed E-state index contributed by atoms with van der Waals surface area (Å²) >= 11 is 1.46. The van der Waals surface area contributed by atoms with E-state index in [0.29, 0.717) is 12.5 Å². The molecule has 0 unspecified atom stereocenters. The molecule has 0 amide bonds. The van der Waals surface area contributed by atoms with E-state index in [9.17, 15) is 22.4 Å². The SMILES string of the molecule is O=C(CCc1ccsc1)c1cccc(C(F)(F)F)c1F. The van der Waals surface area contributed by atoms with Crippen LogP contribution >= 0.6 is 11.3 Å². The molecule has 2 aromatic rings.